The van der Waals surface area contributed by atoms with Gasteiger partial charge in [-0.1, -0.05) is 43.3 Å². The fourth-order valence-corrected chi connectivity index (χ4v) is 1.81. The molecule has 0 spiro atoms. The van der Waals surface area contributed by atoms with Crippen LogP contribution in [-0.4, -0.2) is 11.9 Å². The molecule has 0 unspecified atom stereocenters. The van der Waals surface area contributed by atoms with E-state index in [-0.39, 0.29) is 5.91 Å². The fraction of sp³-hybridized carbons (Fsp3) is 0.125. The van der Waals surface area contributed by atoms with Gasteiger partial charge in [0.2, 0.25) is 5.91 Å². The Balaban J connectivity index is 2.25. The Morgan fingerprint density at radius 1 is 0.857 bits per heavy atom. The average Bonchev–Trinajstić information content (AvgIpc) is 2.55. The summed E-state index contributed by atoms with van der Waals surface area (Å²) >= 11 is 0. The van der Waals surface area contributed by atoms with E-state index >= 15 is 0 Å². The van der Waals surface area contributed by atoms with Gasteiger partial charge in [-0.2, -0.15) is 0 Å². The van der Waals surface area contributed by atoms with Crippen LogP contribution in [0.25, 0.3) is 0 Å². The van der Waals surface area contributed by atoms with Crippen LogP contribution in [0.3, 0.4) is 0 Å². The number of hydrogen-bond acceptors (Lipinski definition) is 2. The number of nitrogens with one attached hydrogen (secondary N) is 2. The molecular weight excluding hydrogens is 266 g/mol. The summed E-state index contributed by atoms with van der Waals surface area (Å²) in [4.78, 5) is 25.1. The molecule has 21 heavy (non-hydrogen) atoms. The van der Waals surface area contributed by atoms with Crippen LogP contribution in [0.15, 0.2) is 60.7 Å². The summed E-state index contributed by atoms with van der Waals surface area (Å²) in [6, 6.07) is 18.0. The number of hydrogen-bond donors (Lipinski definition) is 2. The Hall–Kier alpha value is -2.82. The van der Waals surface area contributed by atoms with E-state index in [0.29, 0.717) is 17.8 Å². The zero-order valence-corrected chi connectivity index (χ0v) is 11.7. The molecule has 0 bridgehead atoms. The molecule has 5 nitrogen and oxygen atoms in total. The molecule has 0 atom stereocenters. The lowest BCUT2D eigenvalue weighted by atomic mass is 10.2. The number of nitrogens with zero attached hydrogens (tertiary/aromatic N) is 1. The van der Waals surface area contributed by atoms with Gasteiger partial charge < -0.3 is 0 Å². The van der Waals surface area contributed by atoms with Crippen LogP contribution in [0.2, 0.25) is 0 Å². The number of para-hydroxylation sites is 2. The van der Waals surface area contributed by atoms with Crippen LogP contribution in [0.5, 0.6) is 0 Å². The van der Waals surface area contributed by atoms with Gasteiger partial charge in [-0.05, 0) is 24.3 Å². The normalized spacial score (nSPS) is 9.76. The smallest absolute Gasteiger partial charge is 0.273 e. The molecule has 2 aromatic carbocycles. The Bertz CT molecular complexity index is 560. The quantitative estimate of drug-likeness (QED) is 0.851. The highest BCUT2D eigenvalue weighted by molar-refractivity contribution is 5.99. The van der Waals surface area contributed by atoms with Gasteiger partial charge in [-0.15, -0.1) is 0 Å². The van der Waals surface area contributed by atoms with Crippen molar-refractivity contribution >= 4 is 23.3 Å². The number of carbonyl (C=O) groups excluding carboxylic acids is 2. The highest BCUT2D eigenvalue weighted by Gasteiger charge is 2.17. The maximum Gasteiger partial charge on any atom is 0.345 e. The Morgan fingerprint density at radius 3 is 1.76 bits per heavy atom. The molecule has 108 valence electrons. The first-order chi connectivity index (χ1) is 10.2. The second-order valence-electron chi connectivity index (χ2n) is 4.34. The second kappa shape index (κ2) is 7.09. The van der Waals surface area contributed by atoms with Crippen molar-refractivity contribution in [1.82, 2.24) is 10.9 Å². The molecule has 5 heteroatoms. The molecular formula is C16H17N3O2. The fourth-order valence-electron chi connectivity index (χ4n) is 1.81. The monoisotopic (exact) mass is 283 g/mol. The third kappa shape index (κ3) is 3.82. The van der Waals surface area contributed by atoms with E-state index < -0.39 is 6.03 Å². The van der Waals surface area contributed by atoms with Crippen LogP contribution in [-0.2, 0) is 4.79 Å². The van der Waals surface area contributed by atoms with E-state index in [4.69, 9.17) is 0 Å². The minimum atomic E-state index is -0.422. The molecule has 0 aliphatic heterocycles. The van der Waals surface area contributed by atoms with Gasteiger partial charge in [0.15, 0.2) is 0 Å². The molecule has 2 rings (SSSR count). The minimum Gasteiger partial charge on any atom is -0.273 e. The van der Waals surface area contributed by atoms with Crippen molar-refractivity contribution in [2.75, 3.05) is 4.90 Å². The van der Waals surface area contributed by atoms with Crippen molar-refractivity contribution < 1.29 is 9.59 Å². The zero-order chi connectivity index (χ0) is 15.1. The summed E-state index contributed by atoms with van der Waals surface area (Å²) in [6.07, 6.45) is 0.303. The van der Waals surface area contributed by atoms with Gasteiger partial charge in [-0.3, -0.25) is 15.1 Å². The predicted octanol–water partition coefficient (Wildman–Crippen LogP) is 2.98. The topological polar surface area (TPSA) is 61.4 Å². The molecule has 0 aliphatic rings. The van der Waals surface area contributed by atoms with E-state index in [1.54, 1.807) is 6.92 Å². The molecule has 0 heterocycles. The molecule has 2 N–H and O–H groups in total. The van der Waals surface area contributed by atoms with E-state index in [1.807, 2.05) is 60.7 Å². The van der Waals surface area contributed by atoms with Crippen molar-refractivity contribution in [3.05, 3.63) is 60.7 Å². The number of urea groups is 1. The van der Waals surface area contributed by atoms with Crippen LogP contribution in [0.4, 0.5) is 16.2 Å². The minimum absolute atomic E-state index is 0.246. The molecule has 3 amide bonds. The number of hydrazine groups is 1. The lowest BCUT2D eigenvalue weighted by Crippen LogP contribution is -2.47. The second-order valence-corrected chi connectivity index (χ2v) is 4.34. The van der Waals surface area contributed by atoms with Crippen molar-refractivity contribution in [3.8, 4) is 0 Å². The Kier molecular flexibility index (Phi) is 4.93. The summed E-state index contributed by atoms with van der Waals surface area (Å²) < 4.78 is 0. The van der Waals surface area contributed by atoms with E-state index in [0.717, 1.165) is 0 Å². The lowest BCUT2D eigenvalue weighted by molar-refractivity contribution is -0.121. The Labute approximate surface area is 123 Å². The first-order valence-electron chi connectivity index (χ1n) is 6.71. The zero-order valence-electron chi connectivity index (χ0n) is 11.7. The number of benzene rings is 2. The van der Waals surface area contributed by atoms with Crippen LogP contribution in [0, 0.1) is 0 Å². The highest BCUT2D eigenvalue weighted by atomic mass is 16.2. The summed E-state index contributed by atoms with van der Waals surface area (Å²) in [7, 11) is 0. The molecule has 0 aromatic heterocycles. The maximum atomic E-state index is 12.4. The summed E-state index contributed by atoms with van der Waals surface area (Å²) in [5, 5.41) is 0. The molecule has 0 radical (unpaired) electrons. The van der Waals surface area contributed by atoms with E-state index in [1.165, 1.54) is 4.90 Å². The molecule has 2 aromatic rings. The van der Waals surface area contributed by atoms with Gasteiger partial charge in [0.1, 0.15) is 0 Å². The van der Waals surface area contributed by atoms with E-state index in [2.05, 4.69) is 10.9 Å². The van der Waals surface area contributed by atoms with Crippen molar-refractivity contribution in [2.24, 2.45) is 0 Å². The Morgan fingerprint density at radius 2 is 1.33 bits per heavy atom. The maximum absolute atomic E-state index is 12.4. The molecule has 0 saturated carbocycles. The van der Waals surface area contributed by atoms with Crippen LogP contribution < -0.4 is 15.8 Å². The first-order valence-corrected chi connectivity index (χ1v) is 6.71. The van der Waals surface area contributed by atoms with Crippen LogP contribution >= 0.6 is 0 Å². The van der Waals surface area contributed by atoms with E-state index in [9.17, 15) is 9.59 Å². The molecule has 0 fully saturated rings. The van der Waals surface area contributed by atoms with Gasteiger partial charge >= 0.3 is 6.03 Å². The van der Waals surface area contributed by atoms with Gasteiger partial charge in [0.05, 0.1) is 11.4 Å². The number of amides is 3. The van der Waals surface area contributed by atoms with Gasteiger partial charge in [-0.25, -0.2) is 10.2 Å². The molecule has 0 aliphatic carbocycles. The van der Waals surface area contributed by atoms with Crippen LogP contribution in [0.1, 0.15) is 13.3 Å². The number of anilines is 2. The first kappa shape index (κ1) is 14.6. The standard InChI is InChI=1S/C16H17N3O2/c1-2-15(20)17-18-16(21)19(13-9-5-3-6-10-13)14-11-7-4-8-12-14/h3-12H,2H2,1H3,(H,17,20)(H,18,21). The van der Waals surface area contributed by atoms with Gasteiger partial charge in [0, 0.05) is 6.42 Å². The number of carbonyl (C=O) groups is 2. The lowest BCUT2D eigenvalue weighted by Gasteiger charge is -2.23. The largest absolute Gasteiger partial charge is 0.345 e. The summed E-state index contributed by atoms with van der Waals surface area (Å²) in [5.41, 5.74) is 6.22. The van der Waals surface area contributed by atoms with Crippen molar-refractivity contribution in [2.45, 2.75) is 13.3 Å². The highest BCUT2D eigenvalue weighted by Crippen LogP contribution is 2.24. The van der Waals surface area contributed by atoms with Crippen molar-refractivity contribution in [1.29, 1.82) is 0 Å². The third-order valence-electron chi connectivity index (χ3n) is 2.86. The summed E-state index contributed by atoms with van der Waals surface area (Å²) in [6.45, 7) is 1.72. The van der Waals surface area contributed by atoms with Gasteiger partial charge in [0.25, 0.3) is 0 Å². The predicted molar refractivity (Wildman–Crippen MR) is 82.0 cm³/mol. The average molecular weight is 283 g/mol. The third-order valence-corrected chi connectivity index (χ3v) is 2.86. The van der Waals surface area contributed by atoms with Crippen molar-refractivity contribution in [3.63, 3.8) is 0 Å². The summed E-state index contributed by atoms with van der Waals surface area (Å²) in [5.74, 6) is -0.246. The molecule has 0 saturated heterocycles. The number of rotatable bonds is 3. The SMILES string of the molecule is CCC(=O)NNC(=O)N(c1ccccc1)c1ccccc1.